The second kappa shape index (κ2) is 6.20. The lowest BCUT2D eigenvalue weighted by Gasteiger charge is -2.34. The van der Waals surface area contributed by atoms with Gasteiger partial charge in [-0.2, -0.15) is 0 Å². The van der Waals surface area contributed by atoms with E-state index < -0.39 is 0 Å². The molecule has 5 nitrogen and oxygen atoms in total. The molecule has 25 heavy (non-hydrogen) atoms. The summed E-state index contributed by atoms with van der Waals surface area (Å²) in [6, 6.07) is 14.5. The first-order valence-corrected chi connectivity index (χ1v) is 9.39. The fourth-order valence-electron chi connectivity index (χ4n) is 3.45. The first-order valence-electron chi connectivity index (χ1n) is 8.57. The maximum Gasteiger partial charge on any atom is 0.231 e. The number of piperazine rings is 1. The number of aromatic nitrogens is 1. The molecule has 1 aromatic heterocycles. The molecule has 0 aliphatic carbocycles. The SMILES string of the molecule is c1cc(CN2CCN(c3nc4ccccc4s3)CC2)c2c(c1)OCO2. The predicted molar refractivity (Wildman–Crippen MR) is 99.7 cm³/mol. The lowest BCUT2D eigenvalue weighted by Crippen LogP contribution is -2.45. The number of hydrogen-bond donors (Lipinski definition) is 0. The fourth-order valence-corrected chi connectivity index (χ4v) is 4.47. The van der Waals surface area contributed by atoms with Crippen molar-refractivity contribution in [3.8, 4) is 11.5 Å². The molecule has 0 saturated carbocycles. The molecule has 6 heteroatoms. The van der Waals surface area contributed by atoms with Gasteiger partial charge in [-0.25, -0.2) is 4.98 Å². The molecule has 0 atom stereocenters. The summed E-state index contributed by atoms with van der Waals surface area (Å²) in [5.41, 5.74) is 2.31. The number of fused-ring (bicyclic) bond motifs is 2. The van der Waals surface area contributed by atoms with E-state index in [2.05, 4.69) is 34.1 Å². The topological polar surface area (TPSA) is 37.8 Å². The highest BCUT2D eigenvalue weighted by Crippen LogP contribution is 2.36. The van der Waals surface area contributed by atoms with Crippen molar-refractivity contribution in [2.75, 3.05) is 37.9 Å². The van der Waals surface area contributed by atoms with Crippen LogP contribution in [0.15, 0.2) is 42.5 Å². The normalized spacial score (nSPS) is 17.4. The van der Waals surface area contributed by atoms with Crippen molar-refractivity contribution in [1.29, 1.82) is 0 Å². The largest absolute Gasteiger partial charge is 0.454 e. The highest BCUT2D eigenvalue weighted by molar-refractivity contribution is 7.22. The van der Waals surface area contributed by atoms with Crippen molar-refractivity contribution in [2.45, 2.75) is 6.54 Å². The van der Waals surface area contributed by atoms with Crippen LogP contribution < -0.4 is 14.4 Å². The molecule has 2 aliphatic heterocycles. The third kappa shape index (κ3) is 2.81. The first-order chi connectivity index (χ1) is 12.4. The number of thiazole rings is 1. The minimum absolute atomic E-state index is 0.331. The lowest BCUT2D eigenvalue weighted by atomic mass is 10.1. The van der Waals surface area contributed by atoms with Gasteiger partial charge in [-0.1, -0.05) is 35.6 Å². The summed E-state index contributed by atoms with van der Waals surface area (Å²) < 4.78 is 12.4. The standard InChI is InChI=1S/C19H19N3O2S/c1-2-7-17-15(5-1)20-19(25-17)22-10-8-21(9-11-22)12-14-4-3-6-16-18(14)24-13-23-16/h1-7H,8-13H2. The van der Waals surface area contributed by atoms with E-state index in [1.807, 2.05) is 18.2 Å². The van der Waals surface area contributed by atoms with Gasteiger partial charge in [0.2, 0.25) is 6.79 Å². The molecule has 0 bridgehead atoms. The number of para-hydroxylation sites is 2. The van der Waals surface area contributed by atoms with Crippen LogP contribution >= 0.6 is 11.3 Å². The molecule has 0 N–H and O–H groups in total. The molecule has 128 valence electrons. The van der Waals surface area contributed by atoms with E-state index in [9.17, 15) is 0 Å². The van der Waals surface area contributed by atoms with Gasteiger partial charge in [0.1, 0.15) is 0 Å². The van der Waals surface area contributed by atoms with Gasteiger partial charge in [0.15, 0.2) is 16.6 Å². The summed E-state index contributed by atoms with van der Waals surface area (Å²) in [5.74, 6) is 1.78. The van der Waals surface area contributed by atoms with Gasteiger partial charge in [-0.3, -0.25) is 4.90 Å². The van der Waals surface area contributed by atoms with Crippen LogP contribution in [-0.4, -0.2) is 42.9 Å². The number of anilines is 1. The zero-order valence-corrected chi connectivity index (χ0v) is 14.7. The quantitative estimate of drug-likeness (QED) is 0.722. The van der Waals surface area contributed by atoms with Crippen LogP contribution in [0.25, 0.3) is 10.2 Å². The molecule has 0 spiro atoms. The van der Waals surface area contributed by atoms with Crippen LogP contribution in [0.1, 0.15) is 5.56 Å². The molecule has 5 rings (SSSR count). The van der Waals surface area contributed by atoms with Gasteiger partial charge in [0, 0.05) is 38.3 Å². The Morgan fingerprint density at radius 2 is 1.84 bits per heavy atom. The van der Waals surface area contributed by atoms with Gasteiger partial charge in [-0.15, -0.1) is 0 Å². The Balaban J connectivity index is 1.26. The average Bonchev–Trinajstić information content (AvgIpc) is 3.29. The molecular formula is C19H19N3O2S. The zero-order chi connectivity index (χ0) is 16.6. The van der Waals surface area contributed by atoms with Crippen LogP contribution in [0.5, 0.6) is 11.5 Å². The molecular weight excluding hydrogens is 334 g/mol. The minimum atomic E-state index is 0.331. The Hall–Kier alpha value is -2.31. The van der Waals surface area contributed by atoms with Gasteiger partial charge < -0.3 is 14.4 Å². The molecule has 0 unspecified atom stereocenters. The van der Waals surface area contributed by atoms with Gasteiger partial charge in [0.05, 0.1) is 10.2 Å². The molecule has 1 fully saturated rings. The third-order valence-electron chi connectivity index (χ3n) is 4.80. The summed E-state index contributed by atoms with van der Waals surface area (Å²) in [5, 5.41) is 1.14. The number of hydrogen-bond acceptors (Lipinski definition) is 6. The number of ether oxygens (including phenoxy) is 2. The molecule has 2 aliphatic rings. The van der Waals surface area contributed by atoms with Gasteiger partial charge in [-0.05, 0) is 18.2 Å². The second-order valence-electron chi connectivity index (χ2n) is 6.38. The first kappa shape index (κ1) is 15.0. The average molecular weight is 353 g/mol. The highest BCUT2D eigenvalue weighted by Gasteiger charge is 2.23. The Bertz CT molecular complexity index is 870. The van der Waals surface area contributed by atoms with Crippen LogP contribution in [0.2, 0.25) is 0 Å². The van der Waals surface area contributed by atoms with Crippen molar-refractivity contribution in [3.63, 3.8) is 0 Å². The van der Waals surface area contributed by atoms with Crippen molar-refractivity contribution >= 4 is 26.7 Å². The summed E-state index contributed by atoms with van der Waals surface area (Å²) in [4.78, 5) is 9.65. The Kier molecular flexibility index (Phi) is 3.72. The van der Waals surface area contributed by atoms with Crippen LogP contribution in [0.4, 0.5) is 5.13 Å². The van der Waals surface area contributed by atoms with E-state index in [1.54, 1.807) is 11.3 Å². The van der Waals surface area contributed by atoms with E-state index >= 15 is 0 Å². The Morgan fingerprint density at radius 3 is 2.72 bits per heavy atom. The monoisotopic (exact) mass is 353 g/mol. The molecule has 3 heterocycles. The second-order valence-corrected chi connectivity index (χ2v) is 7.39. The Morgan fingerprint density at radius 1 is 0.960 bits per heavy atom. The van der Waals surface area contributed by atoms with Gasteiger partial charge >= 0.3 is 0 Å². The van der Waals surface area contributed by atoms with Gasteiger partial charge in [0.25, 0.3) is 0 Å². The number of nitrogens with zero attached hydrogens (tertiary/aromatic N) is 3. The number of benzene rings is 2. The summed E-state index contributed by atoms with van der Waals surface area (Å²) in [7, 11) is 0. The summed E-state index contributed by atoms with van der Waals surface area (Å²) >= 11 is 1.79. The fraction of sp³-hybridized carbons (Fsp3) is 0.316. The Labute approximate surface area is 150 Å². The van der Waals surface area contributed by atoms with E-state index in [4.69, 9.17) is 14.5 Å². The highest BCUT2D eigenvalue weighted by atomic mass is 32.1. The smallest absolute Gasteiger partial charge is 0.231 e. The third-order valence-corrected chi connectivity index (χ3v) is 5.89. The minimum Gasteiger partial charge on any atom is -0.454 e. The van der Waals surface area contributed by atoms with Crippen molar-refractivity contribution < 1.29 is 9.47 Å². The van der Waals surface area contributed by atoms with E-state index in [0.717, 1.165) is 54.9 Å². The van der Waals surface area contributed by atoms with Crippen LogP contribution in [0, 0.1) is 0 Å². The van der Waals surface area contributed by atoms with Crippen LogP contribution in [-0.2, 0) is 6.54 Å². The molecule has 1 saturated heterocycles. The van der Waals surface area contributed by atoms with Crippen molar-refractivity contribution in [3.05, 3.63) is 48.0 Å². The summed E-state index contributed by atoms with van der Waals surface area (Å²) in [6.45, 7) is 5.30. The van der Waals surface area contributed by atoms with Crippen LogP contribution in [0.3, 0.4) is 0 Å². The van der Waals surface area contributed by atoms with E-state index in [0.29, 0.717) is 6.79 Å². The predicted octanol–water partition coefficient (Wildman–Crippen LogP) is 3.35. The number of rotatable bonds is 3. The summed E-state index contributed by atoms with van der Waals surface area (Å²) in [6.07, 6.45) is 0. The maximum absolute atomic E-state index is 5.63. The molecule has 0 amide bonds. The maximum atomic E-state index is 5.63. The molecule has 3 aromatic rings. The molecule has 0 radical (unpaired) electrons. The zero-order valence-electron chi connectivity index (χ0n) is 13.9. The van der Waals surface area contributed by atoms with Crippen molar-refractivity contribution in [1.82, 2.24) is 9.88 Å². The van der Waals surface area contributed by atoms with E-state index in [1.165, 1.54) is 10.3 Å². The lowest BCUT2D eigenvalue weighted by molar-refractivity contribution is 0.171. The molecule has 2 aromatic carbocycles. The van der Waals surface area contributed by atoms with Crippen molar-refractivity contribution in [2.24, 2.45) is 0 Å². The van der Waals surface area contributed by atoms with E-state index in [-0.39, 0.29) is 0 Å².